The predicted molar refractivity (Wildman–Crippen MR) is 117 cm³/mol. The molecule has 0 aliphatic rings. The summed E-state index contributed by atoms with van der Waals surface area (Å²) < 4.78 is 33.3. The fourth-order valence-corrected chi connectivity index (χ4v) is 4.03. The Hall–Kier alpha value is -3.32. The molecule has 30 heavy (non-hydrogen) atoms. The fourth-order valence-electron chi connectivity index (χ4n) is 2.96. The molecule has 0 atom stereocenters. The summed E-state index contributed by atoms with van der Waals surface area (Å²) in [5, 5.41) is 2.83. The van der Waals surface area contributed by atoms with Gasteiger partial charge in [-0.15, -0.1) is 0 Å². The van der Waals surface area contributed by atoms with Gasteiger partial charge >= 0.3 is 0 Å². The molecule has 6 nitrogen and oxygen atoms in total. The van der Waals surface area contributed by atoms with E-state index in [0.717, 1.165) is 16.9 Å². The second-order valence-corrected chi connectivity index (χ2v) is 8.66. The van der Waals surface area contributed by atoms with Gasteiger partial charge in [-0.05, 0) is 66.9 Å². The van der Waals surface area contributed by atoms with E-state index >= 15 is 0 Å². The maximum atomic E-state index is 12.8. The first-order chi connectivity index (χ1) is 14.3. The number of hydrogen-bond acceptors (Lipinski definition) is 4. The van der Waals surface area contributed by atoms with Gasteiger partial charge < -0.3 is 10.1 Å². The van der Waals surface area contributed by atoms with Crippen LogP contribution in [0.25, 0.3) is 0 Å². The van der Waals surface area contributed by atoms with E-state index in [-0.39, 0.29) is 10.8 Å². The zero-order valence-electron chi connectivity index (χ0n) is 17.1. The van der Waals surface area contributed by atoms with Gasteiger partial charge in [0.05, 0.1) is 12.0 Å². The molecule has 0 bridgehead atoms. The lowest BCUT2D eigenvalue weighted by Gasteiger charge is -2.12. The first-order valence-corrected chi connectivity index (χ1v) is 10.9. The number of nitrogens with one attached hydrogen (secondary N) is 2. The minimum Gasteiger partial charge on any atom is -0.497 e. The molecule has 0 unspecified atom stereocenters. The van der Waals surface area contributed by atoms with Gasteiger partial charge in [0.25, 0.3) is 15.9 Å². The van der Waals surface area contributed by atoms with E-state index in [4.69, 9.17) is 4.74 Å². The number of carbonyl (C=O) groups excluding carboxylic acids is 1. The second kappa shape index (κ2) is 9.00. The maximum absolute atomic E-state index is 12.8. The van der Waals surface area contributed by atoms with Gasteiger partial charge in [-0.3, -0.25) is 9.52 Å². The average Bonchev–Trinajstić information content (AvgIpc) is 2.72. The number of amides is 1. The number of hydrogen-bond donors (Lipinski definition) is 2. The molecule has 3 aromatic rings. The highest BCUT2D eigenvalue weighted by atomic mass is 32.2. The van der Waals surface area contributed by atoms with Crippen molar-refractivity contribution >= 4 is 21.6 Å². The molecule has 0 saturated heterocycles. The van der Waals surface area contributed by atoms with Crippen molar-refractivity contribution in [2.75, 3.05) is 11.8 Å². The molecule has 0 aromatic heterocycles. The molecule has 0 spiro atoms. The van der Waals surface area contributed by atoms with E-state index in [1.54, 1.807) is 38.3 Å². The molecule has 0 radical (unpaired) electrons. The summed E-state index contributed by atoms with van der Waals surface area (Å²) in [6.07, 6.45) is 0. The molecule has 2 N–H and O–H groups in total. The molecule has 3 aromatic carbocycles. The van der Waals surface area contributed by atoms with Crippen molar-refractivity contribution in [2.24, 2.45) is 0 Å². The largest absolute Gasteiger partial charge is 0.497 e. The highest BCUT2D eigenvalue weighted by Gasteiger charge is 2.18. The van der Waals surface area contributed by atoms with Crippen molar-refractivity contribution in [3.8, 4) is 5.75 Å². The molecule has 156 valence electrons. The van der Waals surface area contributed by atoms with E-state index in [0.29, 0.717) is 23.4 Å². The molecular formula is C23H24N2O4S. The van der Waals surface area contributed by atoms with E-state index < -0.39 is 10.0 Å². The topological polar surface area (TPSA) is 84.5 Å². The lowest BCUT2D eigenvalue weighted by molar-refractivity contribution is 0.0950. The van der Waals surface area contributed by atoms with Crippen LogP contribution in [-0.4, -0.2) is 21.4 Å². The van der Waals surface area contributed by atoms with Gasteiger partial charge in [-0.25, -0.2) is 8.42 Å². The molecule has 7 heteroatoms. The molecule has 0 saturated carbocycles. The number of anilines is 1. The molecule has 0 fully saturated rings. The Balaban J connectivity index is 1.77. The maximum Gasteiger partial charge on any atom is 0.261 e. The van der Waals surface area contributed by atoms with Crippen LogP contribution < -0.4 is 14.8 Å². The fraction of sp³-hybridized carbons (Fsp3) is 0.174. The first-order valence-electron chi connectivity index (χ1n) is 9.40. The second-order valence-electron chi connectivity index (χ2n) is 6.98. The molecule has 0 aliphatic heterocycles. The molecule has 0 aliphatic carbocycles. The van der Waals surface area contributed by atoms with E-state index in [1.165, 1.54) is 12.1 Å². The standard InChI is InChI=1S/C23H24N2O4S/c1-16-5-4-6-19(13-16)25-30(27,28)21-12-7-17(2)22(14-21)23(26)24-15-18-8-10-20(29-3)11-9-18/h4-14,25H,15H2,1-3H3,(H,24,26). The van der Waals surface area contributed by atoms with Gasteiger partial charge in [-0.1, -0.05) is 30.3 Å². The predicted octanol–water partition coefficient (Wildman–Crippen LogP) is 4.04. The van der Waals surface area contributed by atoms with Crippen LogP contribution in [0, 0.1) is 13.8 Å². The van der Waals surface area contributed by atoms with Crippen molar-refractivity contribution in [1.29, 1.82) is 0 Å². The zero-order valence-corrected chi connectivity index (χ0v) is 17.9. The van der Waals surface area contributed by atoms with Crippen molar-refractivity contribution in [3.05, 3.63) is 89.0 Å². The van der Waals surface area contributed by atoms with Gasteiger partial charge in [0, 0.05) is 17.8 Å². The SMILES string of the molecule is COc1ccc(CNC(=O)c2cc(S(=O)(=O)Nc3cccc(C)c3)ccc2C)cc1. The summed E-state index contributed by atoms with van der Waals surface area (Å²) in [6.45, 7) is 3.97. The minimum atomic E-state index is -3.82. The van der Waals surface area contributed by atoms with Crippen LogP contribution in [-0.2, 0) is 16.6 Å². The third-order valence-electron chi connectivity index (χ3n) is 4.65. The third kappa shape index (κ3) is 5.18. The van der Waals surface area contributed by atoms with E-state index in [1.807, 2.05) is 37.3 Å². The summed E-state index contributed by atoms with van der Waals surface area (Å²) in [6, 6.07) is 19.0. The third-order valence-corrected chi connectivity index (χ3v) is 6.03. The summed E-state index contributed by atoms with van der Waals surface area (Å²) in [5.41, 5.74) is 3.33. The number of benzene rings is 3. The number of carbonyl (C=O) groups is 1. The Morgan fingerprint density at radius 1 is 0.967 bits per heavy atom. The van der Waals surface area contributed by atoms with Crippen LogP contribution in [0.2, 0.25) is 0 Å². The average molecular weight is 425 g/mol. The summed E-state index contributed by atoms with van der Waals surface area (Å²) in [5.74, 6) is 0.399. The number of sulfonamides is 1. The van der Waals surface area contributed by atoms with Crippen LogP contribution in [0.4, 0.5) is 5.69 Å². The Morgan fingerprint density at radius 2 is 1.70 bits per heavy atom. The van der Waals surface area contributed by atoms with Crippen LogP contribution >= 0.6 is 0 Å². The van der Waals surface area contributed by atoms with Gasteiger partial charge in [0.1, 0.15) is 5.75 Å². The van der Waals surface area contributed by atoms with Crippen molar-refractivity contribution in [3.63, 3.8) is 0 Å². The number of methoxy groups -OCH3 is 1. The number of rotatable bonds is 7. The normalized spacial score (nSPS) is 11.0. The van der Waals surface area contributed by atoms with Crippen LogP contribution in [0.1, 0.15) is 27.0 Å². The van der Waals surface area contributed by atoms with E-state index in [9.17, 15) is 13.2 Å². The summed E-state index contributed by atoms with van der Waals surface area (Å²) >= 11 is 0. The summed E-state index contributed by atoms with van der Waals surface area (Å²) in [4.78, 5) is 12.7. The molecule has 3 rings (SSSR count). The van der Waals surface area contributed by atoms with Gasteiger partial charge in [0.15, 0.2) is 0 Å². The minimum absolute atomic E-state index is 0.0317. The highest BCUT2D eigenvalue weighted by molar-refractivity contribution is 7.92. The van der Waals surface area contributed by atoms with Gasteiger partial charge in [0.2, 0.25) is 0 Å². The smallest absolute Gasteiger partial charge is 0.261 e. The van der Waals surface area contributed by atoms with Crippen LogP contribution in [0.5, 0.6) is 5.75 Å². The zero-order chi connectivity index (χ0) is 21.7. The van der Waals surface area contributed by atoms with Crippen molar-refractivity contribution < 1.29 is 17.9 Å². The number of aryl methyl sites for hydroxylation is 2. The van der Waals surface area contributed by atoms with Crippen LogP contribution in [0.3, 0.4) is 0 Å². The Bertz CT molecular complexity index is 1160. The quantitative estimate of drug-likeness (QED) is 0.599. The summed E-state index contributed by atoms with van der Waals surface area (Å²) in [7, 11) is -2.23. The molecule has 1 amide bonds. The van der Waals surface area contributed by atoms with Gasteiger partial charge in [-0.2, -0.15) is 0 Å². The Morgan fingerprint density at radius 3 is 2.37 bits per heavy atom. The van der Waals surface area contributed by atoms with Crippen LogP contribution in [0.15, 0.2) is 71.6 Å². The van der Waals surface area contributed by atoms with Crippen molar-refractivity contribution in [1.82, 2.24) is 5.32 Å². The first kappa shape index (κ1) is 21.4. The Labute approximate surface area is 177 Å². The Kier molecular flexibility index (Phi) is 6.42. The molecule has 0 heterocycles. The van der Waals surface area contributed by atoms with Crippen molar-refractivity contribution in [2.45, 2.75) is 25.3 Å². The van der Waals surface area contributed by atoms with E-state index in [2.05, 4.69) is 10.0 Å². The molecular weight excluding hydrogens is 400 g/mol. The monoisotopic (exact) mass is 424 g/mol. The highest BCUT2D eigenvalue weighted by Crippen LogP contribution is 2.20. The lowest BCUT2D eigenvalue weighted by Crippen LogP contribution is -2.24. The number of ether oxygens (including phenoxy) is 1. The lowest BCUT2D eigenvalue weighted by atomic mass is 10.1.